The summed E-state index contributed by atoms with van der Waals surface area (Å²) in [6.45, 7) is 0. The number of imide groups is 2. The Morgan fingerprint density at radius 2 is 1.79 bits per heavy atom. The Labute approximate surface area is 111 Å². The molecule has 0 radical (unpaired) electrons. The molecule has 0 unspecified atom stereocenters. The average molecular weight is 282 g/mol. The number of carbonyl (C=O) groups excluding carboxylic acids is 3. The predicted octanol–water partition coefficient (Wildman–Crippen LogP) is 1.11. The van der Waals surface area contributed by atoms with E-state index in [0.717, 1.165) is 6.07 Å². The Morgan fingerprint density at radius 1 is 1.16 bits per heavy atom. The first-order valence-electron chi connectivity index (χ1n) is 5.32. The molecule has 0 aromatic heterocycles. The van der Waals surface area contributed by atoms with Crippen LogP contribution in [0.1, 0.15) is 0 Å². The fourth-order valence-corrected chi connectivity index (χ4v) is 2.57. The maximum atomic E-state index is 13.7. The van der Waals surface area contributed by atoms with Gasteiger partial charge in [0.15, 0.2) is 0 Å². The maximum Gasteiger partial charge on any atom is 0.336 e. The molecule has 1 fully saturated rings. The first-order valence-corrected chi connectivity index (χ1v) is 7.36. The highest BCUT2D eigenvalue weighted by Gasteiger charge is 2.38. The third-order valence-electron chi connectivity index (χ3n) is 2.53. The molecule has 1 N–H and O–H groups in total. The number of anilines is 1. The van der Waals surface area contributed by atoms with Crippen molar-refractivity contribution >= 4 is 38.9 Å². The molecule has 0 saturated carbocycles. The molecule has 1 aromatic carbocycles. The van der Waals surface area contributed by atoms with E-state index < -0.39 is 34.1 Å². The molecule has 1 aromatic rings. The van der Waals surface area contributed by atoms with Gasteiger partial charge in [0.1, 0.15) is 10.7 Å². The largest absolute Gasteiger partial charge is 0.336 e. The van der Waals surface area contributed by atoms with Gasteiger partial charge in [-0.05, 0) is 24.6 Å². The zero-order valence-electron chi connectivity index (χ0n) is 10.3. The number of carbonyl (C=O) groups is 3. The number of benzene rings is 1. The highest BCUT2D eigenvalue weighted by Crippen LogP contribution is 2.22. The second-order valence-corrected chi connectivity index (χ2v) is 6.04. The van der Waals surface area contributed by atoms with Gasteiger partial charge in [0.25, 0.3) is 11.8 Å². The summed E-state index contributed by atoms with van der Waals surface area (Å²) < 4.78 is 13.7. The van der Waals surface area contributed by atoms with Crippen LogP contribution in [0.15, 0.2) is 24.3 Å². The van der Waals surface area contributed by atoms with Crippen molar-refractivity contribution in [2.45, 2.75) is 0 Å². The molecule has 0 atom stereocenters. The number of nitrogens with zero attached hydrogens (tertiary/aromatic N) is 1. The number of amides is 4. The third kappa shape index (κ3) is 2.28. The van der Waals surface area contributed by atoms with E-state index in [0.29, 0.717) is 4.90 Å². The lowest BCUT2D eigenvalue weighted by Crippen LogP contribution is -2.59. The summed E-state index contributed by atoms with van der Waals surface area (Å²) in [7, 11) is -0.639. The van der Waals surface area contributed by atoms with Gasteiger partial charge in [0, 0.05) is 0 Å². The minimum absolute atomic E-state index is 0.0390. The lowest BCUT2D eigenvalue weighted by atomic mass is 10.2. The number of nitrogens with one attached hydrogen (secondary N) is 1. The Morgan fingerprint density at radius 3 is 2.37 bits per heavy atom. The highest BCUT2D eigenvalue weighted by atomic mass is 32.2. The molecule has 0 bridgehead atoms. The zero-order chi connectivity index (χ0) is 14.2. The third-order valence-corrected chi connectivity index (χ3v) is 3.71. The molecule has 4 amide bonds. The molecule has 1 saturated heterocycles. The van der Waals surface area contributed by atoms with Gasteiger partial charge in [0.2, 0.25) is 0 Å². The topological polar surface area (TPSA) is 66.5 Å². The van der Waals surface area contributed by atoms with E-state index in [1.54, 1.807) is 12.5 Å². The zero-order valence-corrected chi connectivity index (χ0v) is 11.1. The number of rotatable bonds is 1. The molecular formula is C12H11FN2O3S. The van der Waals surface area contributed by atoms with E-state index in [2.05, 4.69) is 0 Å². The van der Waals surface area contributed by atoms with Crippen molar-refractivity contribution in [2.75, 3.05) is 17.4 Å². The van der Waals surface area contributed by atoms with Crippen molar-refractivity contribution in [3.63, 3.8) is 0 Å². The number of para-hydroxylation sites is 1. The molecule has 1 heterocycles. The van der Waals surface area contributed by atoms with Crippen LogP contribution in [0.3, 0.4) is 0 Å². The molecule has 7 heteroatoms. The van der Waals surface area contributed by atoms with Crippen molar-refractivity contribution in [1.82, 2.24) is 5.32 Å². The Bertz CT molecular complexity index is 623. The number of barbiturate groups is 1. The molecule has 100 valence electrons. The summed E-state index contributed by atoms with van der Waals surface area (Å²) in [5.41, 5.74) is -0.166. The van der Waals surface area contributed by atoms with Crippen molar-refractivity contribution < 1.29 is 18.8 Å². The Kier molecular flexibility index (Phi) is 3.48. The van der Waals surface area contributed by atoms with Crippen molar-refractivity contribution in [1.29, 1.82) is 0 Å². The molecule has 0 aliphatic carbocycles. The summed E-state index contributed by atoms with van der Waals surface area (Å²) in [4.78, 5) is 36.1. The quantitative estimate of drug-likeness (QED) is 0.785. The SMILES string of the molecule is CS(C)=C1C(=O)NC(=O)N(c2ccccc2F)C1=O. The van der Waals surface area contributed by atoms with Gasteiger partial charge in [-0.3, -0.25) is 14.9 Å². The normalized spacial score (nSPS) is 16.1. The fraction of sp³-hybridized carbons (Fsp3) is 0.167. The summed E-state index contributed by atoms with van der Waals surface area (Å²) >= 11 is 0. The Hall–Kier alpha value is -2.02. The predicted molar refractivity (Wildman–Crippen MR) is 71.9 cm³/mol. The molecule has 1 aliphatic heterocycles. The minimum Gasteiger partial charge on any atom is -0.273 e. The van der Waals surface area contributed by atoms with Crippen LogP contribution in [0, 0.1) is 5.82 Å². The highest BCUT2D eigenvalue weighted by molar-refractivity contribution is 8.16. The molecule has 0 spiro atoms. The summed E-state index contributed by atoms with van der Waals surface area (Å²) in [5.74, 6) is -2.19. The van der Waals surface area contributed by atoms with Crippen molar-refractivity contribution in [2.24, 2.45) is 0 Å². The number of hydrogen-bond acceptors (Lipinski definition) is 3. The summed E-state index contributed by atoms with van der Waals surface area (Å²) in [6.07, 6.45) is 3.37. The first kappa shape index (κ1) is 13.4. The maximum absolute atomic E-state index is 13.7. The van der Waals surface area contributed by atoms with E-state index in [1.165, 1.54) is 18.2 Å². The van der Waals surface area contributed by atoms with E-state index in [1.807, 2.05) is 5.32 Å². The van der Waals surface area contributed by atoms with E-state index >= 15 is 0 Å². The fourth-order valence-electron chi connectivity index (χ4n) is 1.71. The second-order valence-electron chi connectivity index (χ2n) is 4.00. The van der Waals surface area contributed by atoms with Crippen LogP contribution >= 0.6 is 10.5 Å². The number of halogens is 1. The standard InChI is InChI=1S/C12H11FN2O3S/c1-19(2)9-10(16)14-12(18)15(11(9)17)8-6-4-3-5-7(8)13/h3-6H,1-2H3,(H,14,16,18). The lowest BCUT2D eigenvalue weighted by molar-refractivity contribution is -0.117. The summed E-state index contributed by atoms with van der Waals surface area (Å²) in [5, 5.41) is 2.05. The first-order chi connectivity index (χ1) is 8.93. The van der Waals surface area contributed by atoms with Crippen LogP contribution in [0.5, 0.6) is 0 Å². The average Bonchev–Trinajstić information content (AvgIpc) is 2.30. The van der Waals surface area contributed by atoms with Crippen LogP contribution in [0.25, 0.3) is 0 Å². The monoisotopic (exact) mass is 282 g/mol. The van der Waals surface area contributed by atoms with Crippen molar-refractivity contribution in [3.05, 3.63) is 30.1 Å². The van der Waals surface area contributed by atoms with Crippen LogP contribution in [0.4, 0.5) is 14.9 Å². The molecule has 19 heavy (non-hydrogen) atoms. The van der Waals surface area contributed by atoms with E-state index in [4.69, 9.17) is 0 Å². The van der Waals surface area contributed by atoms with E-state index in [-0.39, 0.29) is 10.6 Å². The van der Waals surface area contributed by atoms with Crippen LogP contribution in [0.2, 0.25) is 0 Å². The molecular weight excluding hydrogens is 271 g/mol. The van der Waals surface area contributed by atoms with Gasteiger partial charge in [0.05, 0.1) is 5.69 Å². The molecule has 2 rings (SSSR count). The van der Waals surface area contributed by atoms with Crippen molar-refractivity contribution in [3.8, 4) is 0 Å². The van der Waals surface area contributed by atoms with Crippen LogP contribution in [-0.4, -0.2) is 35.2 Å². The van der Waals surface area contributed by atoms with E-state index in [9.17, 15) is 18.8 Å². The van der Waals surface area contributed by atoms with Gasteiger partial charge in [-0.15, -0.1) is 0 Å². The van der Waals surface area contributed by atoms with Gasteiger partial charge in [-0.25, -0.2) is 14.1 Å². The molecule has 1 aliphatic rings. The van der Waals surface area contributed by atoms with Crippen LogP contribution < -0.4 is 10.2 Å². The second kappa shape index (κ2) is 4.93. The van der Waals surface area contributed by atoms with Gasteiger partial charge < -0.3 is 0 Å². The molecule has 5 nitrogen and oxygen atoms in total. The minimum atomic E-state index is -0.936. The summed E-state index contributed by atoms with van der Waals surface area (Å²) in [6, 6.07) is 4.47. The number of urea groups is 1. The lowest BCUT2D eigenvalue weighted by Gasteiger charge is -2.27. The van der Waals surface area contributed by atoms with Gasteiger partial charge >= 0.3 is 6.03 Å². The van der Waals surface area contributed by atoms with Crippen LogP contribution in [-0.2, 0) is 9.59 Å². The Balaban J connectivity index is 2.55. The van der Waals surface area contributed by atoms with Gasteiger partial charge in [-0.1, -0.05) is 12.1 Å². The van der Waals surface area contributed by atoms with Gasteiger partial charge in [-0.2, -0.15) is 10.5 Å². The smallest absolute Gasteiger partial charge is 0.273 e. The number of hydrogen-bond donors (Lipinski definition) is 1.